The molecule has 0 atom stereocenters. The fourth-order valence-corrected chi connectivity index (χ4v) is 6.95. The van der Waals surface area contributed by atoms with Crippen LogP contribution in [0.15, 0.2) is 179 Å². The van der Waals surface area contributed by atoms with Gasteiger partial charge >= 0.3 is 29.8 Å². The number of para-hydroxylation sites is 4. The molecule has 1 amide bonds. The van der Waals surface area contributed by atoms with Crippen molar-refractivity contribution < 1.29 is 89.8 Å². The number of hydrogen-bond acceptors (Lipinski definition) is 16. The molecule has 10 aromatic rings. The molecule has 0 spiro atoms. The van der Waals surface area contributed by atoms with Crippen LogP contribution in [0.25, 0.3) is 45.1 Å². The number of oxazole rings is 2. The first-order valence-corrected chi connectivity index (χ1v) is 23.5. The first-order valence-electron chi connectivity index (χ1n) is 23.5. The summed E-state index contributed by atoms with van der Waals surface area (Å²) >= 11 is 0. The van der Waals surface area contributed by atoms with E-state index in [-0.39, 0.29) is 73.7 Å². The number of aromatic nitrogens is 2. The van der Waals surface area contributed by atoms with Crippen LogP contribution in [0.3, 0.4) is 0 Å². The molecule has 418 valence electrons. The van der Waals surface area contributed by atoms with Crippen molar-refractivity contribution in [3.63, 3.8) is 0 Å². The summed E-state index contributed by atoms with van der Waals surface area (Å²) in [6, 6.07) is 39.3. The van der Waals surface area contributed by atoms with E-state index >= 15 is 0 Å². The molecule has 0 radical (unpaired) electrons. The number of nitrogens with one attached hydrogen (secondary N) is 1. The second-order valence-corrected chi connectivity index (χ2v) is 16.3. The highest BCUT2D eigenvalue weighted by molar-refractivity contribution is 6.09. The van der Waals surface area contributed by atoms with Crippen LogP contribution >= 0.6 is 0 Å². The average molecular weight is 1130 g/mol. The summed E-state index contributed by atoms with van der Waals surface area (Å²) in [4.78, 5) is 76.0. The van der Waals surface area contributed by atoms with Crippen molar-refractivity contribution >= 4 is 69.3 Å². The highest BCUT2D eigenvalue weighted by Crippen LogP contribution is 2.30. The Morgan fingerprint density at radius 3 is 1.27 bits per heavy atom. The zero-order valence-corrected chi connectivity index (χ0v) is 42.9. The van der Waals surface area contributed by atoms with E-state index in [0.717, 1.165) is 24.3 Å². The van der Waals surface area contributed by atoms with Crippen molar-refractivity contribution in [2.24, 2.45) is 0 Å². The molecule has 0 aliphatic carbocycles. The molecule has 0 saturated heterocycles. The first-order chi connectivity index (χ1) is 39.2. The van der Waals surface area contributed by atoms with E-state index < -0.39 is 47.4 Å². The predicted molar refractivity (Wildman–Crippen MR) is 288 cm³/mol. The van der Waals surface area contributed by atoms with Gasteiger partial charge in [-0.2, -0.15) is 0 Å². The Kier molecular flexibility index (Phi) is 20.3. The third-order valence-electron chi connectivity index (χ3n) is 11.0. The molecule has 0 bridgehead atoms. The van der Waals surface area contributed by atoms with Gasteiger partial charge in [0.15, 0.2) is 11.2 Å². The number of carboxylic acid groups (broad SMARTS) is 2. The number of halogens is 4. The van der Waals surface area contributed by atoms with Gasteiger partial charge in [-0.3, -0.25) is 4.79 Å². The molecule has 10 rings (SSSR count). The zero-order valence-electron chi connectivity index (χ0n) is 42.9. The average Bonchev–Trinajstić information content (AvgIpc) is 4.32. The zero-order chi connectivity index (χ0) is 59.6. The van der Waals surface area contributed by atoms with E-state index in [2.05, 4.69) is 24.8 Å². The summed E-state index contributed by atoms with van der Waals surface area (Å²) in [7, 11) is 3.76. The number of anilines is 2. The lowest BCUT2D eigenvalue weighted by Gasteiger charge is -2.11. The third-order valence-corrected chi connectivity index (χ3v) is 11.0. The van der Waals surface area contributed by atoms with Crippen molar-refractivity contribution in [1.82, 2.24) is 9.97 Å². The molecule has 2 heterocycles. The van der Waals surface area contributed by atoms with Crippen LogP contribution < -0.4 is 11.1 Å². The lowest BCUT2D eigenvalue weighted by Crippen LogP contribution is -2.15. The summed E-state index contributed by atoms with van der Waals surface area (Å²) in [6.07, 6.45) is 0. The van der Waals surface area contributed by atoms with Crippen molar-refractivity contribution in [3.05, 3.63) is 227 Å². The van der Waals surface area contributed by atoms with Gasteiger partial charge in [-0.25, -0.2) is 51.5 Å². The molecule has 82 heavy (non-hydrogen) atoms. The number of nitrogens with two attached hydrogens (primary N) is 1. The Bertz CT molecular complexity index is 3910. The molecule has 0 aliphatic rings. The quantitative estimate of drug-likeness (QED) is 0.0257. The molecule has 8 aromatic carbocycles. The second kappa shape index (κ2) is 27.8. The summed E-state index contributed by atoms with van der Waals surface area (Å²) < 4.78 is 75.5. The van der Waals surface area contributed by atoms with Crippen LogP contribution in [0.4, 0.5) is 28.9 Å². The van der Waals surface area contributed by atoms with Crippen LogP contribution in [0.5, 0.6) is 11.5 Å². The molecule has 19 nitrogen and oxygen atoms in total. The van der Waals surface area contributed by atoms with Crippen LogP contribution in [-0.4, -0.2) is 87.5 Å². The number of nitrogens with zero attached hydrogens (tertiary/aromatic N) is 2. The first kappa shape index (κ1) is 59.9. The molecular formula is C59H44F4N4O15. The van der Waals surface area contributed by atoms with Crippen LogP contribution in [0.1, 0.15) is 62.1 Å². The summed E-state index contributed by atoms with van der Waals surface area (Å²) in [6.45, 7) is 0. The van der Waals surface area contributed by atoms with E-state index in [4.69, 9.17) is 34.6 Å². The smallest absolute Gasteiger partial charge is 0.340 e. The largest absolute Gasteiger partial charge is 0.506 e. The number of rotatable bonds is 9. The number of amides is 1. The molecule has 0 aliphatic heterocycles. The van der Waals surface area contributed by atoms with E-state index in [1.807, 2.05) is 0 Å². The molecule has 0 fully saturated rings. The van der Waals surface area contributed by atoms with Crippen molar-refractivity contribution in [2.45, 2.75) is 0 Å². The number of esters is 3. The molecule has 23 heteroatoms. The highest BCUT2D eigenvalue weighted by Gasteiger charge is 2.20. The van der Waals surface area contributed by atoms with Gasteiger partial charge in [0.05, 0.1) is 60.5 Å². The number of ether oxygens (including phenoxy) is 3. The summed E-state index contributed by atoms with van der Waals surface area (Å²) in [5, 5.41) is 38.7. The third kappa shape index (κ3) is 15.4. The number of phenolic OH excluding ortho intramolecular Hbond substituents is 2. The van der Waals surface area contributed by atoms with E-state index in [0.29, 0.717) is 39.3 Å². The predicted octanol–water partition coefficient (Wildman–Crippen LogP) is 11.6. The number of aromatic carboxylic acids is 2. The highest BCUT2D eigenvalue weighted by atomic mass is 19.1. The summed E-state index contributed by atoms with van der Waals surface area (Å²) in [5.74, 6) is -5.78. The molecule has 0 saturated carbocycles. The van der Waals surface area contributed by atoms with Crippen molar-refractivity contribution in [3.8, 4) is 34.4 Å². The maximum Gasteiger partial charge on any atom is 0.340 e. The molecular weight excluding hydrogens is 1080 g/mol. The number of nitrogen functional groups attached to an aromatic ring is 1. The van der Waals surface area contributed by atoms with Gasteiger partial charge in [-0.05, 0) is 146 Å². The number of fused-ring (bicyclic) bond motifs is 2. The molecule has 0 unspecified atom stereocenters. The van der Waals surface area contributed by atoms with Crippen molar-refractivity contribution in [1.29, 1.82) is 0 Å². The van der Waals surface area contributed by atoms with Crippen LogP contribution in [-0.2, 0) is 14.2 Å². The van der Waals surface area contributed by atoms with E-state index in [1.165, 1.54) is 124 Å². The monoisotopic (exact) mass is 1120 g/mol. The number of carboxylic acids is 2. The van der Waals surface area contributed by atoms with Gasteiger partial charge in [0, 0.05) is 16.7 Å². The van der Waals surface area contributed by atoms with Gasteiger partial charge in [-0.1, -0.05) is 24.3 Å². The maximum absolute atomic E-state index is 12.9. The van der Waals surface area contributed by atoms with E-state index in [9.17, 15) is 51.4 Å². The molecule has 7 N–H and O–H groups in total. The Hall–Kier alpha value is -11.4. The number of hydrogen-bond donors (Lipinski definition) is 6. The topological polar surface area (TPSA) is 301 Å². The number of benzene rings is 8. The summed E-state index contributed by atoms with van der Waals surface area (Å²) in [5.41, 5.74) is 9.11. The molecule has 2 aromatic heterocycles. The number of carbonyl (C=O) groups is 6. The SMILES string of the molecule is COC(=O)c1cccc(O)c1N.COC(=O)c1cccc(O)c1NC(=O)c1ccc(F)cc1.COC(=O)c1cccc2oc(-c3ccc(F)cc3)nc12.O=C(O)c1ccc(F)cc1.O=C(O)c1cccc2oc(-c3ccc(F)cc3)nc12. The van der Waals surface area contributed by atoms with Gasteiger partial charge in [0.25, 0.3) is 5.91 Å². The Balaban J connectivity index is 0.000000169. The Labute approximate surface area is 461 Å². The fraction of sp³-hybridized carbons (Fsp3) is 0.0508. The minimum absolute atomic E-state index is 0.0213. The Morgan fingerprint density at radius 2 is 0.817 bits per heavy atom. The van der Waals surface area contributed by atoms with Gasteiger partial charge in [0.1, 0.15) is 45.8 Å². The fourth-order valence-electron chi connectivity index (χ4n) is 6.95. The van der Waals surface area contributed by atoms with Gasteiger partial charge in [-0.15, -0.1) is 0 Å². The standard InChI is InChI=1S/C15H12FNO4.C15H10FNO3.C14H8FNO3.C8H9NO3.C7H5FO2/c1-21-15(20)11-3-2-4-12(18)13(11)17-14(19)9-5-7-10(16)8-6-9;1-19-15(18)11-3-2-4-12-13(11)17-14(20-12)9-5-7-10(16)8-6-9;15-9-6-4-8(5-7-9)13-16-12-10(14(17)18)2-1-3-11(12)19-13;1-12-8(11)5-3-2-4-6(10)7(5)9;8-6-3-1-5(2-4-6)7(9)10/h2-8,18H,1H3,(H,17,19);2-8H,1H3;1-7H,(H,17,18);2-4,10H,9H2,1H3;1-4H,(H,9,10). The van der Waals surface area contributed by atoms with Gasteiger partial charge < -0.3 is 54.5 Å². The van der Waals surface area contributed by atoms with Crippen LogP contribution in [0, 0.1) is 23.3 Å². The lowest BCUT2D eigenvalue weighted by molar-refractivity contribution is 0.0592. The van der Waals surface area contributed by atoms with Gasteiger partial charge in [0.2, 0.25) is 11.8 Å². The second-order valence-electron chi connectivity index (χ2n) is 16.3. The number of aromatic hydroxyl groups is 2. The maximum atomic E-state index is 12.9. The number of phenols is 2. The minimum Gasteiger partial charge on any atom is -0.506 e. The van der Waals surface area contributed by atoms with Crippen molar-refractivity contribution in [2.75, 3.05) is 32.4 Å². The Morgan fingerprint density at radius 1 is 0.451 bits per heavy atom. The number of methoxy groups -OCH3 is 3. The minimum atomic E-state index is -1.07. The lowest BCUT2D eigenvalue weighted by atomic mass is 10.1. The normalized spacial score (nSPS) is 10.2. The number of carbonyl (C=O) groups excluding carboxylic acids is 4. The van der Waals surface area contributed by atoms with Crippen LogP contribution in [0.2, 0.25) is 0 Å². The van der Waals surface area contributed by atoms with E-state index in [1.54, 1.807) is 42.5 Å².